The molecule has 1 aromatic rings. The summed E-state index contributed by atoms with van der Waals surface area (Å²) in [7, 11) is -3.09. The predicted molar refractivity (Wildman–Crippen MR) is 84.7 cm³/mol. The van der Waals surface area contributed by atoms with Crippen LogP contribution < -0.4 is 5.32 Å². The molecule has 1 amide bonds. The minimum atomic E-state index is -3.09. The molecule has 2 rings (SSSR count). The Kier molecular flexibility index (Phi) is 5.17. The maximum Gasteiger partial charge on any atom is 0.224 e. The van der Waals surface area contributed by atoms with Gasteiger partial charge >= 0.3 is 0 Å². The summed E-state index contributed by atoms with van der Waals surface area (Å²) in [5.41, 5.74) is 2.02. The number of carbonyl (C=O) groups excluding carboxylic acids is 1. The summed E-state index contributed by atoms with van der Waals surface area (Å²) in [5.74, 6) is -0.321. The van der Waals surface area contributed by atoms with Crippen LogP contribution in [0.25, 0.3) is 0 Å². The second-order valence-electron chi connectivity index (χ2n) is 5.47. The van der Waals surface area contributed by atoms with E-state index in [1.807, 2.05) is 24.3 Å². The Balaban J connectivity index is 1.84. The van der Waals surface area contributed by atoms with Crippen LogP contribution in [-0.4, -0.2) is 20.1 Å². The fraction of sp³-hybridized carbons (Fsp3) is 0.438. The van der Waals surface area contributed by atoms with E-state index in [4.69, 9.17) is 0 Å². The van der Waals surface area contributed by atoms with Gasteiger partial charge in [0.2, 0.25) is 5.91 Å². The van der Waals surface area contributed by atoms with E-state index in [0.717, 1.165) is 24.9 Å². The largest absolute Gasteiger partial charge is 0.326 e. The number of anilines is 1. The minimum Gasteiger partial charge on any atom is -0.326 e. The molecule has 0 fully saturated rings. The molecule has 0 aliphatic carbocycles. The summed E-state index contributed by atoms with van der Waals surface area (Å²) in [6.45, 7) is 2.16. The molecule has 0 saturated heterocycles. The van der Waals surface area contributed by atoms with Crippen LogP contribution >= 0.6 is 0 Å². The molecule has 1 heterocycles. The highest BCUT2D eigenvalue weighted by Gasteiger charge is 2.23. The van der Waals surface area contributed by atoms with Crippen molar-refractivity contribution in [3.63, 3.8) is 0 Å². The molecule has 5 heteroatoms. The number of aryl methyl sites for hydroxylation is 1. The van der Waals surface area contributed by atoms with E-state index in [9.17, 15) is 13.2 Å². The number of unbranched alkanes of at least 4 members (excludes halogenated alkanes) is 1. The topological polar surface area (TPSA) is 63.2 Å². The molecule has 1 N–H and O–H groups in total. The lowest BCUT2D eigenvalue weighted by atomic mass is 10.1. The first-order chi connectivity index (χ1) is 9.98. The standard InChI is InChI=1S/C16H21NO3S/c1-2-3-4-13-5-7-15(8-6-13)17-16(18)11-14-9-10-21(19,20)12-14/h5-10,14H,2-4,11-12H2,1H3,(H,17,18). The van der Waals surface area contributed by atoms with Crippen LogP contribution in [-0.2, 0) is 21.1 Å². The Hall–Kier alpha value is -1.62. The van der Waals surface area contributed by atoms with E-state index >= 15 is 0 Å². The number of nitrogens with one attached hydrogen (secondary N) is 1. The van der Waals surface area contributed by atoms with Gasteiger partial charge in [-0.3, -0.25) is 4.79 Å². The maximum atomic E-state index is 11.9. The number of hydrogen-bond acceptors (Lipinski definition) is 3. The average Bonchev–Trinajstić information content (AvgIpc) is 2.77. The third-order valence-corrected chi connectivity index (χ3v) is 4.97. The van der Waals surface area contributed by atoms with E-state index in [0.29, 0.717) is 0 Å². The van der Waals surface area contributed by atoms with Crippen LogP contribution in [0.1, 0.15) is 31.7 Å². The Morgan fingerprint density at radius 1 is 1.29 bits per heavy atom. The predicted octanol–water partition coefficient (Wildman–Crippen LogP) is 2.92. The van der Waals surface area contributed by atoms with E-state index in [1.54, 1.807) is 6.08 Å². The molecule has 1 atom stereocenters. The lowest BCUT2D eigenvalue weighted by molar-refractivity contribution is -0.116. The molecule has 21 heavy (non-hydrogen) atoms. The van der Waals surface area contributed by atoms with Crippen molar-refractivity contribution >= 4 is 21.4 Å². The van der Waals surface area contributed by atoms with Gasteiger partial charge in [0.1, 0.15) is 0 Å². The average molecular weight is 307 g/mol. The quantitative estimate of drug-likeness (QED) is 0.879. The third-order valence-electron chi connectivity index (χ3n) is 3.51. The smallest absolute Gasteiger partial charge is 0.224 e. The molecule has 4 nitrogen and oxygen atoms in total. The van der Waals surface area contributed by atoms with Crippen LogP contribution in [0.4, 0.5) is 5.69 Å². The van der Waals surface area contributed by atoms with Crippen LogP contribution in [0.5, 0.6) is 0 Å². The highest BCUT2D eigenvalue weighted by molar-refractivity contribution is 7.94. The van der Waals surface area contributed by atoms with Crippen LogP contribution in [0.15, 0.2) is 35.7 Å². The fourth-order valence-electron chi connectivity index (χ4n) is 2.35. The van der Waals surface area contributed by atoms with E-state index in [1.165, 1.54) is 11.0 Å². The van der Waals surface area contributed by atoms with E-state index < -0.39 is 9.84 Å². The van der Waals surface area contributed by atoms with Crippen LogP contribution in [0, 0.1) is 5.92 Å². The number of rotatable bonds is 6. The van der Waals surface area contributed by atoms with Crippen molar-refractivity contribution in [2.45, 2.75) is 32.6 Å². The van der Waals surface area contributed by atoms with Crippen molar-refractivity contribution in [2.24, 2.45) is 5.92 Å². The van der Waals surface area contributed by atoms with Gasteiger partial charge in [0, 0.05) is 23.4 Å². The van der Waals surface area contributed by atoms with Crippen molar-refractivity contribution in [3.05, 3.63) is 41.3 Å². The second-order valence-corrected chi connectivity index (χ2v) is 7.40. The molecule has 114 valence electrons. The molecule has 0 radical (unpaired) electrons. The summed E-state index contributed by atoms with van der Waals surface area (Å²) in [6.07, 6.45) is 5.18. The van der Waals surface area contributed by atoms with Crippen molar-refractivity contribution in [3.8, 4) is 0 Å². The van der Waals surface area contributed by atoms with E-state index in [-0.39, 0.29) is 24.0 Å². The van der Waals surface area contributed by atoms with Crippen LogP contribution in [0.3, 0.4) is 0 Å². The van der Waals surface area contributed by atoms with Gasteiger partial charge < -0.3 is 5.32 Å². The van der Waals surface area contributed by atoms with Crippen molar-refractivity contribution < 1.29 is 13.2 Å². The summed E-state index contributed by atoms with van der Waals surface area (Å²) in [5, 5.41) is 4.01. The Labute approximate surface area is 126 Å². The highest BCUT2D eigenvalue weighted by Crippen LogP contribution is 2.19. The highest BCUT2D eigenvalue weighted by atomic mass is 32.2. The lowest BCUT2D eigenvalue weighted by Crippen LogP contribution is -2.17. The number of allylic oxidation sites excluding steroid dienone is 1. The van der Waals surface area contributed by atoms with Crippen molar-refractivity contribution in [2.75, 3.05) is 11.1 Å². The van der Waals surface area contributed by atoms with Gasteiger partial charge in [0.15, 0.2) is 9.84 Å². The summed E-state index contributed by atoms with van der Waals surface area (Å²) in [4.78, 5) is 11.9. The summed E-state index contributed by atoms with van der Waals surface area (Å²) < 4.78 is 22.6. The second kappa shape index (κ2) is 6.89. The molecule has 0 saturated carbocycles. The molecule has 0 aromatic heterocycles. The van der Waals surface area contributed by atoms with Crippen molar-refractivity contribution in [1.29, 1.82) is 0 Å². The summed E-state index contributed by atoms with van der Waals surface area (Å²) in [6, 6.07) is 7.82. The Morgan fingerprint density at radius 2 is 2.00 bits per heavy atom. The van der Waals surface area contributed by atoms with Gasteiger partial charge in [-0.2, -0.15) is 0 Å². The van der Waals surface area contributed by atoms with E-state index in [2.05, 4.69) is 12.2 Å². The monoisotopic (exact) mass is 307 g/mol. The molecule has 0 spiro atoms. The maximum absolute atomic E-state index is 11.9. The molecule has 1 aliphatic heterocycles. The SMILES string of the molecule is CCCCc1ccc(NC(=O)CC2C=CS(=O)(=O)C2)cc1. The molecule has 1 aliphatic rings. The van der Waals surface area contributed by atoms with Crippen LogP contribution in [0.2, 0.25) is 0 Å². The lowest BCUT2D eigenvalue weighted by Gasteiger charge is -2.09. The first-order valence-electron chi connectivity index (χ1n) is 7.28. The number of benzene rings is 1. The molecular weight excluding hydrogens is 286 g/mol. The zero-order valence-corrected chi connectivity index (χ0v) is 13.0. The number of carbonyl (C=O) groups is 1. The molecule has 0 bridgehead atoms. The fourth-order valence-corrected chi connectivity index (χ4v) is 3.75. The third kappa shape index (κ3) is 5.01. The Morgan fingerprint density at radius 3 is 2.57 bits per heavy atom. The summed E-state index contributed by atoms with van der Waals surface area (Å²) >= 11 is 0. The van der Waals surface area contributed by atoms with Gasteiger partial charge in [0.05, 0.1) is 5.75 Å². The normalized spacial score (nSPS) is 19.6. The van der Waals surface area contributed by atoms with Gasteiger partial charge in [-0.1, -0.05) is 31.6 Å². The van der Waals surface area contributed by atoms with Gasteiger partial charge in [-0.25, -0.2) is 8.42 Å². The molecular formula is C16H21NO3S. The molecule has 1 unspecified atom stereocenters. The van der Waals surface area contributed by atoms with Gasteiger partial charge in [-0.15, -0.1) is 0 Å². The first kappa shape index (κ1) is 15.8. The molecule has 1 aromatic carbocycles. The number of hydrogen-bond donors (Lipinski definition) is 1. The number of amides is 1. The van der Waals surface area contributed by atoms with Crippen molar-refractivity contribution in [1.82, 2.24) is 0 Å². The zero-order chi connectivity index (χ0) is 15.3. The number of sulfone groups is 1. The van der Waals surface area contributed by atoms with Gasteiger partial charge in [-0.05, 0) is 30.5 Å². The van der Waals surface area contributed by atoms with Gasteiger partial charge in [0.25, 0.3) is 0 Å². The zero-order valence-electron chi connectivity index (χ0n) is 12.2. The Bertz CT molecular complexity index is 617. The minimum absolute atomic E-state index is 0.0381. The first-order valence-corrected chi connectivity index (χ1v) is 9.00.